The van der Waals surface area contributed by atoms with E-state index in [1.807, 2.05) is 6.07 Å². The Hall–Kier alpha value is -0.320. The van der Waals surface area contributed by atoms with Crippen LogP contribution in [-0.4, -0.2) is 17.1 Å². The van der Waals surface area contributed by atoms with Crippen LogP contribution in [0.3, 0.4) is 0 Å². The van der Waals surface area contributed by atoms with Gasteiger partial charge in [0.15, 0.2) is 0 Å². The summed E-state index contributed by atoms with van der Waals surface area (Å²) >= 11 is 9.23. The molecule has 0 aliphatic heterocycles. The van der Waals surface area contributed by atoms with Crippen LogP contribution in [0, 0.1) is 0 Å². The van der Waals surface area contributed by atoms with Gasteiger partial charge >= 0.3 is 0 Å². The highest BCUT2D eigenvalue weighted by molar-refractivity contribution is 9.10. The van der Waals surface area contributed by atoms with Crippen molar-refractivity contribution in [1.29, 1.82) is 0 Å². The molecule has 0 atom stereocenters. The van der Waals surface area contributed by atoms with E-state index in [0.29, 0.717) is 11.6 Å². The van der Waals surface area contributed by atoms with Gasteiger partial charge in [0.05, 0.1) is 9.50 Å². The van der Waals surface area contributed by atoms with Crippen molar-refractivity contribution in [2.75, 3.05) is 11.9 Å². The fraction of sp³-hybridized carbons (Fsp3) is 0.545. The molecule has 1 heterocycles. The number of halogens is 2. The van der Waals surface area contributed by atoms with Crippen molar-refractivity contribution < 1.29 is 0 Å². The van der Waals surface area contributed by atoms with Gasteiger partial charge in [-0.25, -0.2) is 4.98 Å². The Morgan fingerprint density at radius 3 is 2.62 bits per heavy atom. The highest BCUT2D eigenvalue weighted by atomic mass is 79.9. The summed E-state index contributed by atoms with van der Waals surface area (Å²) in [6.45, 7) is 4.89. The lowest BCUT2D eigenvalue weighted by atomic mass is 9.94. The van der Waals surface area contributed by atoms with E-state index in [-0.39, 0.29) is 5.54 Å². The summed E-state index contributed by atoms with van der Waals surface area (Å²) in [4.78, 5) is 4.20. The smallest absolute Gasteiger partial charge is 0.140 e. The predicted molar refractivity (Wildman–Crippen MR) is 72.9 cm³/mol. The number of nitrogens with one attached hydrogen (secondary N) is 1. The van der Waals surface area contributed by atoms with Crippen molar-refractivity contribution in [3.8, 4) is 0 Å². The van der Waals surface area contributed by atoms with E-state index in [4.69, 9.17) is 17.3 Å². The first-order valence-electron chi connectivity index (χ1n) is 5.34. The van der Waals surface area contributed by atoms with Gasteiger partial charge in [0, 0.05) is 18.3 Å². The van der Waals surface area contributed by atoms with Crippen LogP contribution in [0.2, 0.25) is 5.02 Å². The number of hydrogen-bond acceptors (Lipinski definition) is 3. The molecule has 0 aromatic carbocycles. The van der Waals surface area contributed by atoms with E-state index in [9.17, 15) is 0 Å². The molecular formula is C11H17BrClN3. The standard InChI is InChI=1S/C11H17BrClN3/c1-3-11(14,4-2)7-16-10-9(12)5-8(13)6-15-10/h5-6H,3-4,7,14H2,1-2H3,(H,15,16). The van der Waals surface area contributed by atoms with Crippen LogP contribution in [0.25, 0.3) is 0 Å². The average molecular weight is 307 g/mol. The van der Waals surface area contributed by atoms with Crippen LogP contribution >= 0.6 is 27.5 Å². The zero-order valence-electron chi connectivity index (χ0n) is 9.56. The van der Waals surface area contributed by atoms with Crippen LogP contribution in [0.1, 0.15) is 26.7 Å². The van der Waals surface area contributed by atoms with Crippen LogP contribution in [0.4, 0.5) is 5.82 Å². The molecule has 0 fully saturated rings. The molecule has 0 saturated heterocycles. The van der Waals surface area contributed by atoms with E-state index in [2.05, 4.69) is 40.1 Å². The summed E-state index contributed by atoms with van der Waals surface area (Å²) in [5.41, 5.74) is 6.01. The van der Waals surface area contributed by atoms with E-state index < -0.39 is 0 Å². The minimum atomic E-state index is -0.180. The SMILES string of the molecule is CCC(N)(CC)CNc1ncc(Cl)cc1Br. The zero-order chi connectivity index (χ0) is 12.2. The molecule has 1 rings (SSSR count). The van der Waals surface area contributed by atoms with Gasteiger partial charge in [-0.05, 0) is 34.8 Å². The maximum Gasteiger partial charge on any atom is 0.140 e. The summed E-state index contributed by atoms with van der Waals surface area (Å²) in [6, 6.07) is 1.81. The number of nitrogens with two attached hydrogens (primary N) is 1. The Morgan fingerprint density at radius 1 is 1.50 bits per heavy atom. The van der Waals surface area contributed by atoms with Crippen molar-refractivity contribution >= 4 is 33.3 Å². The topological polar surface area (TPSA) is 50.9 Å². The van der Waals surface area contributed by atoms with Crippen LogP contribution in [0.15, 0.2) is 16.7 Å². The number of aromatic nitrogens is 1. The minimum Gasteiger partial charge on any atom is -0.367 e. The van der Waals surface area contributed by atoms with E-state index in [1.165, 1.54) is 0 Å². The molecule has 0 aliphatic rings. The second kappa shape index (κ2) is 5.84. The molecule has 0 saturated carbocycles. The Bertz CT molecular complexity index is 353. The summed E-state index contributed by atoms with van der Waals surface area (Å²) in [7, 11) is 0. The quantitative estimate of drug-likeness (QED) is 0.876. The zero-order valence-corrected chi connectivity index (χ0v) is 11.9. The van der Waals surface area contributed by atoms with Crippen molar-refractivity contribution in [3.63, 3.8) is 0 Å². The number of hydrogen-bond donors (Lipinski definition) is 2. The Morgan fingerprint density at radius 2 is 2.12 bits per heavy atom. The van der Waals surface area contributed by atoms with Gasteiger partial charge in [0.25, 0.3) is 0 Å². The van der Waals surface area contributed by atoms with Gasteiger partial charge in [-0.2, -0.15) is 0 Å². The van der Waals surface area contributed by atoms with E-state index in [1.54, 1.807) is 6.20 Å². The van der Waals surface area contributed by atoms with Crippen molar-refractivity contribution in [3.05, 3.63) is 21.8 Å². The Kier molecular flexibility index (Phi) is 5.02. The van der Waals surface area contributed by atoms with E-state index >= 15 is 0 Å². The maximum atomic E-state index is 6.19. The number of rotatable bonds is 5. The molecule has 0 bridgehead atoms. The molecule has 1 aromatic rings. The normalized spacial score (nSPS) is 11.6. The molecule has 0 aliphatic carbocycles. The Balaban J connectivity index is 2.67. The van der Waals surface area contributed by atoms with E-state index in [0.717, 1.165) is 23.1 Å². The lowest BCUT2D eigenvalue weighted by Crippen LogP contribution is -2.45. The van der Waals surface area contributed by atoms with Crippen molar-refractivity contribution in [2.24, 2.45) is 5.73 Å². The second-order valence-electron chi connectivity index (χ2n) is 3.91. The van der Waals surface area contributed by atoms with Gasteiger partial charge in [-0.1, -0.05) is 25.4 Å². The second-order valence-corrected chi connectivity index (χ2v) is 5.20. The predicted octanol–water partition coefficient (Wildman–Crippen LogP) is 3.43. The van der Waals surface area contributed by atoms with Crippen LogP contribution < -0.4 is 11.1 Å². The average Bonchev–Trinajstić information content (AvgIpc) is 2.27. The summed E-state index contributed by atoms with van der Waals surface area (Å²) in [6.07, 6.45) is 3.48. The molecule has 5 heteroatoms. The largest absolute Gasteiger partial charge is 0.367 e. The van der Waals surface area contributed by atoms with Gasteiger partial charge in [0.1, 0.15) is 5.82 Å². The first kappa shape index (κ1) is 13.7. The third-order valence-electron chi connectivity index (χ3n) is 2.82. The van der Waals surface area contributed by atoms with Gasteiger partial charge < -0.3 is 11.1 Å². The molecule has 0 amide bonds. The monoisotopic (exact) mass is 305 g/mol. The van der Waals surface area contributed by atoms with Crippen LogP contribution in [-0.2, 0) is 0 Å². The molecule has 1 aromatic heterocycles. The lowest BCUT2D eigenvalue weighted by molar-refractivity contribution is 0.418. The molecule has 90 valence electrons. The van der Waals surface area contributed by atoms with Crippen molar-refractivity contribution in [1.82, 2.24) is 4.98 Å². The third kappa shape index (κ3) is 3.61. The molecular weight excluding hydrogens is 289 g/mol. The molecule has 0 spiro atoms. The van der Waals surface area contributed by atoms with Crippen molar-refractivity contribution in [2.45, 2.75) is 32.2 Å². The molecule has 3 nitrogen and oxygen atoms in total. The maximum absolute atomic E-state index is 6.19. The molecule has 3 N–H and O–H groups in total. The number of anilines is 1. The summed E-state index contributed by atoms with van der Waals surface area (Å²) in [5.74, 6) is 0.779. The summed E-state index contributed by atoms with van der Waals surface area (Å²) in [5, 5.41) is 3.85. The molecule has 0 radical (unpaired) electrons. The lowest BCUT2D eigenvalue weighted by Gasteiger charge is -2.27. The molecule has 16 heavy (non-hydrogen) atoms. The fourth-order valence-electron chi connectivity index (χ4n) is 1.30. The van der Waals surface area contributed by atoms with Gasteiger partial charge in [-0.15, -0.1) is 0 Å². The van der Waals surface area contributed by atoms with Gasteiger partial charge in [0.2, 0.25) is 0 Å². The first-order valence-corrected chi connectivity index (χ1v) is 6.51. The molecule has 0 unspecified atom stereocenters. The summed E-state index contributed by atoms with van der Waals surface area (Å²) < 4.78 is 0.856. The number of pyridine rings is 1. The highest BCUT2D eigenvalue weighted by Gasteiger charge is 2.20. The first-order chi connectivity index (χ1) is 7.50. The van der Waals surface area contributed by atoms with Crippen LogP contribution in [0.5, 0.6) is 0 Å². The third-order valence-corrected chi connectivity index (χ3v) is 3.64. The highest BCUT2D eigenvalue weighted by Crippen LogP contribution is 2.24. The minimum absolute atomic E-state index is 0.180. The number of nitrogens with zero attached hydrogens (tertiary/aromatic N) is 1. The Labute approximate surface area is 110 Å². The van der Waals surface area contributed by atoms with Gasteiger partial charge in [-0.3, -0.25) is 0 Å². The fourth-order valence-corrected chi connectivity index (χ4v) is 2.08.